The van der Waals surface area contributed by atoms with Crippen LogP contribution < -0.4 is 0 Å². The SMILES string of the molecule is COC(=O)c1cc(N=O)nc(S)c1C(=N)CN=[N+]=[N-]. The van der Waals surface area contributed by atoms with Gasteiger partial charge in [0.15, 0.2) is 5.82 Å². The van der Waals surface area contributed by atoms with Crippen molar-refractivity contribution in [3.63, 3.8) is 0 Å². The third kappa shape index (κ3) is 3.27. The Balaban J connectivity index is 3.43. The van der Waals surface area contributed by atoms with Crippen LogP contribution in [0.4, 0.5) is 5.82 Å². The smallest absolute Gasteiger partial charge is 0.338 e. The molecule has 0 atom stereocenters. The maximum Gasteiger partial charge on any atom is 0.338 e. The summed E-state index contributed by atoms with van der Waals surface area (Å²) in [5.41, 5.74) is 7.99. The van der Waals surface area contributed by atoms with Crippen LogP contribution >= 0.6 is 12.6 Å². The van der Waals surface area contributed by atoms with E-state index in [9.17, 15) is 9.70 Å². The molecule has 9 nitrogen and oxygen atoms in total. The van der Waals surface area contributed by atoms with E-state index in [-0.39, 0.29) is 34.2 Å². The summed E-state index contributed by atoms with van der Waals surface area (Å²) < 4.78 is 4.54. The van der Waals surface area contributed by atoms with E-state index in [0.29, 0.717) is 0 Å². The Bertz CT molecular complexity index is 596. The number of carbonyl (C=O) groups is 1. The van der Waals surface area contributed by atoms with Gasteiger partial charge in [-0.1, -0.05) is 5.11 Å². The number of hydrogen-bond acceptors (Lipinski definition) is 8. The van der Waals surface area contributed by atoms with Gasteiger partial charge in [0.1, 0.15) is 5.03 Å². The number of nitrogens with zero attached hydrogens (tertiary/aromatic N) is 5. The minimum Gasteiger partial charge on any atom is -0.465 e. The molecule has 1 heterocycles. The lowest BCUT2D eigenvalue weighted by molar-refractivity contribution is 0.0600. The van der Waals surface area contributed by atoms with E-state index in [4.69, 9.17) is 10.9 Å². The number of pyridine rings is 1. The zero-order valence-electron chi connectivity index (χ0n) is 9.69. The summed E-state index contributed by atoms with van der Waals surface area (Å²) in [6.45, 7) is -0.288. The van der Waals surface area contributed by atoms with Gasteiger partial charge in [0, 0.05) is 22.3 Å². The van der Waals surface area contributed by atoms with Crippen LogP contribution in [-0.2, 0) is 4.74 Å². The highest BCUT2D eigenvalue weighted by molar-refractivity contribution is 7.80. The van der Waals surface area contributed by atoms with Crippen LogP contribution in [-0.4, -0.2) is 30.3 Å². The molecule has 0 spiro atoms. The summed E-state index contributed by atoms with van der Waals surface area (Å²) in [5, 5.41) is 13.5. The van der Waals surface area contributed by atoms with Gasteiger partial charge in [0.05, 0.1) is 19.2 Å². The van der Waals surface area contributed by atoms with E-state index in [0.717, 1.165) is 13.2 Å². The van der Waals surface area contributed by atoms with E-state index in [1.165, 1.54) is 0 Å². The normalized spacial score (nSPS) is 9.37. The van der Waals surface area contributed by atoms with Crippen molar-refractivity contribution in [3.8, 4) is 0 Å². The van der Waals surface area contributed by atoms with E-state index >= 15 is 0 Å². The predicted octanol–water partition coefficient (Wildman–Crippen LogP) is 2.23. The minimum atomic E-state index is -0.775. The fraction of sp³-hybridized carbons (Fsp3) is 0.222. The molecule has 0 saturated carbocycles. The molecule has 0 fully saturated rings. The van der Waals surface area contributed by atoms with Crippen molar-refractivity contribution in [2.75, 3.05) is 13.7 Å². The third-order valence-electron chi connectivity index (χ3n) is 2.08. The minimum absolute atomic E-state index is 0.0370. The molecule has 0 bridgehead atoms. The quantitative estimate of drug-likeness (QED) is 0.162. The van der Waals surface area contributed by atoms with E-state index in [2.05, 4.69) is 37.6 Å². The second kappa shape index (κ2) is 6.47. The zero-order chi connectivity index (χ0) is 14.4. The van der Waals surface area contributed by atoms with Gasteiger partial charge in [0.25, 0.3) is 0 Å². The van der Waals surface area contributed by atoms with Crippen molar-refractivity contribution in [1.29, 1.82) is 5.41 Å². The van der Waals surface area contributed by atoms with Crippen LogP contribution in [0.1, 0.15) is 15.9 Å². The first-order chi connectivity index (χ1) is 9.04. The summed E-state index contributed by atoms with van der Waals surface area (Å²) in [6, 6.07) is 1.08. The van der Waals surface area contributed by atoms with Crippen molar-refractivity contribution >= 4 is 30.1 Å². The Kier molecular flexibility index (Phi) is 4.98. The van der Waals surface area contributed by atoms with Crippen LogP contribution in [0.2, 0.25) is 0 Å². The van der Waals surface area contributed by atoms with Crippen LogP contribution in [0.3, 0.4) is 0 Å². The molecule has 0 aliphatic carbocycles. The molecule has 19 heavy (non-hydrogen) atoms. The van der Waals surface area contributed by atoms with Crippen LogP contribution in [0.15, 0.2) is 21.4 Å². The number of nitrogens with one attached hydrogen (secondary N) is 1. The molecule has 1 rings (SSSR count). The Labute approximate surface area is 112 Å². The number of nitroso groups, excluding NO2 is 1. The maximum atomic E-state index is 11.6. The monoisotopic (exact) mass is 280 g/mol. The first kappa shape index (κ1) is 14.6. The van der Waals surface area contributed by atoms with Gasteiger partial charge >= 0.3 is 5.97 Å². The highest BCUT2D eigenvalue weighted by atomic mass is 32.1. The summed E-state index contributed by atoms with van der Waals surface area (Å²) >= 11 is 3.99. The van der Waals surface area contributed by atoms with E-state index < -0.39 is 5.97 Å². The van der Waals surface area contributed by atoms with Gasteiger partial charge in [-0.2, -0.15) is 0 Å². The Morgan fingerprint density at radius 2 is 2.37 bits per heavy atom. The molecule has 10 heteroatoms. The number of hydrogen-bond donors (Lipinski definition) is 2. The fourth-order valence-electron chi connectivity index (χ4n) is 1.32. The van der Waals surface area contributed by atoms with Gasteiger partial charge in [-0.05, 0) is 10.7 Å². The van der Waals surface area contributed by atoms with Gasteiger partial charge in [0.2, 0.25) is 0 Å². The summed E-state index contributed by atoms with van der Waals surface area (Å²) in [4.78, 5) is 28.3. The Hall–Kier alpha value is -2.45. The molecular formula is C9H8N6O3S. The lowest BCUT2D eigenvalue weighted by Gasteiger charge is -2.10. The molecule has 0 aromatic carbocycles. The summed E-state index contributed by atoms with van der Waals surface area (Å²) in [5.74, 6) is -1.03. The van der Waals surface area contributed by atoms with E-state index in [1.807, 2.05) is 0 Å². The highest BCUT2D eigenvalue weighted by Gasteiger charge is 2.20. The standard InChI is InChI=1S/C9H8N6O3S/c1-18-9(16)4-2-6(14-17)13-8(19)7(4)5(10)3-12-15-11/h2,10H,3H2,1H3,(H,13,19). The zero-order valence-corrected chi connectivity index (χ0v) is 10.6. The maximum absolute atomic E-state index is 11.6. The lowest BCUT2D eigenvalue weighted by Crippen LogP contribution is -2.14. The summed E-state index contributed by atoms with van der Waals surface area (Å²) in [7, 11) is 1.15. The molecule has 0 unspecified atom stereocenters. The van der Waals surface area contributed by atoms with Crippen molar-refractivity contribution in [3.05, 3.63) is 32.5 Å². The van der Waals surface area contributed by atoms with Gasteiger partial charge in [-0.15, -0.1) is 17.5 Å². The molecule has 0 saturated heterocycles. The predicted molar refractivity (Wildman–Crippen MR) is 69.1 cm³/mol. The van der Waals surface area contributed by atoms with Crippen LogP contribution in [0.5, 0.6) is 0 Å². The molecule has 0 aliphatic rings. The first-order valence-electron chi connectivity index (χ1n) is 4.79. The second-order valence-corrected chi connectivity index (χ2v) is 3.60. The molecule has 1 aromatic heterocycles. The number of esters is 1. The second-order valence-electron chi connectivity index (χ2n) is 3.18. The van der Waals surface area contributed by atoms with Crippen molar-refractivity contribution in [2.45, 2.75) is 5.03 Å². The van der Waals surface area contributed by atoms with Crippen molar-refractivity contribution in [1.82, 2.24) is 4.98 Å². The molecule has 1 N–H and O–H groups in total. The number of rotatable bonds is 5. The fourth-order valence-corrected chi connectivity index (χ4v) is 1.67. The number of ether oxygens (including phenoxy) is 1. The average Bonchev–Trinajstić information content (AvgIpc) is 2.42. The Morgan fingerprint density at radius 3 is 2.89 bits per heavy atom. The Morgan fingerprint density at radius 1 is 1.68 bits per heavy atom. The number of methoxy groups -OCH3 is 1. The third-order valence-corrected chi connectivity index (χ3v) is 2.40. The molecule has 1 aromatic rings. The van der Waals surface area contributed by atoms with Gasteiger partial charge < -0.3 is 10.1 Å². The van der Waals surface area contributed by atoms with E-state index in [1.54, 1.807) is 0 Å². The number of aromatic nitrogens is 1. The number of carbonyl (C=O) groups excluding carboxylic acids is 1. The average molecular weight is 280 g/mol. The topological polar surface area (TPSA) is 141 Å². The van der Waals surface area contributed by atoms with Crippen LogP contribution in [0.25, 0.3) is 10.4 Å². The largest absolute Gasteiger partial charge is 0.465 e. The first-order valence-corrected chi connectivity index (χ1v) is 5.24. The highest BCUT2D eigenvalue weighted by Crippen LogP contribution is 2.23. The molecule has 98 valence electrons. The molecule has 0 radical (unpaired) electrons. The number of thiol groups is 1. The summed E-state index contributed by atoms with van der Waals surface area (Å²) in [6.07, 6.45) is 0. The molecule has 0 amide bonds. The van der Waals surface area contributed by atoms with Gasteiger partial charge in [-0.3, -0.25) is 0 Å². The van der Waals surface area contributed by atoms with Crippen LogP contribution in [0, 0.1) is 10.3 Å². The molecule has 0 aliphatic heterocycles. The van der Waals surface area contributed by atoms with Gasteiger partial charge in [-0.25, -0.2) is 9.78 Å². The number of azide groups is 1. The molecular weight excluding hydrogens is 272 g/mol. The van der Waals surface area contributed by atoms with Crippen molar-refractivity contribution in [2.24, 2.45) is 10.3 Å². The lowest BCUT2D eigenvalue weighted by atomic mass is 10.1. The van der Waals surface area contributed by atoms with Crippen molar-refractivity contribution < 1.29 is 9.53 Å².